The fourth-order valence-corrected chi connectivity index (χ4v) is 4.19. The molecule has 5 rings (SSSR count). The zero-order valence-corrected chi connectivity index (χ0v) is 18.5. The summed E-state index contributed by atoms with van der Waals surface area (Å²) >= 11 is 0. The van der Waals surface area contributed by atoms with Gasteiger partial charge in [-0.2, -0.15) is 4.98 Å². The molecule has 34 heavy (non-hydrogen) atoms. The van der Waals surface area contributed by atoms with Gasteiger partial charge in [0.05, 0.1) is 0 Å². The Morgan fingerprint density at radius 3 is 2.38 bits per heavy atom. The van der Waals surface area contributed by atoms with Crippen LogP contribution < -0.4 is 0 Å². The molecule has 0 saturated carbocycles. The molecule has 1 fully saturated rings. The maximum Gasteiger partial charge on any atom is 0.254 e. The number of aryl methyl sites for hydroxylation is 1. The molecule has 1 aliphatic heterocycles. The summed E-state index contributed by atoms with van der Waals surface area (Å²) in [5, 5.41) is 5.88. The largest absolute Gasteiger partial charge is 0.339 e. The summed E-state index contributed by atoms with van der Waals surface area (Å²) in [6, 6.07) is 19.4. The third-order valence-corrected chi connectivity index (χ3v) is 6.06. The minimum absolute atomic E-state index is 0.0110. The molecule has 2 heterocycles. The highest BCUT2D eigenvalue weighted by Crippen LogP contribution is 2.21. The highest BCUT2D eigenvalue weighted by molar-refractivity contribution is 6.07. The van der Waals surface area contributed by atoms with Gasteiger partial charge in [-0.3, -0.25) is 9.59 Å². The molecule has 0 atom stereocenters. The number of carbonyl (C=O) groups is 2. The number of amides is 2. The maximum absolute atomic E-state index is 13.1. The third-order valence-electron chi connectivity index (χ3n) is 6.06. The van der Waals surface area contributed by atoms with E-state index in [9.17, 15) is 14.0 Å². The number of nitrogens with zero attached hydrogens (tertiary/aromatic N) is 4. The fraction of sp³-hybridized carbons (Fsp3) is 0.231. The number of fused-ring (bicyclic) bond motifs is 1. The second-order valence-corrected chi connectivity index (χ2v) is 8.22. The van der Waals surface area contributed by atoms with Crippen LogP contribution in [0.2, 0.25) is 0 Å². The van der Waals surface area contributed by atoms with Crippen molar-refractivity contribution in [3.05, 3.63) is 84.0 Å². The second-order valence-electron chi connectivity index (χ2n) is 8.22. The van der Waals surface area contributed by atoms with Gasteiger partial charge >= 0.3 is 0 Å². The van der Waals surface area contributed by atoms with Crippen molar-refractivity contribution in [3.8, 4) is 11.4 Å². The van der Waals surface area contributed by atoms with Crippen LogP contribution in [0.4, 0.5) is 4.39 Å². The molecule has 1 aromatic heterocycles. The number of hydrogen-bond donors (Lipinski definition) is 0. The predicted molar refractivity (Wildman–Crippen MR) is 124 cm³/mol. The Hall–Kier alpha value is -4.07. The molecular formula is C26H23FN4O3. The first kappa shape index (κ1) is 21.8. The minimum Gasteiger partial charge on any atom is -0.339 e. The lowest BCUT2D eigenvalue weighted by atomic mass is 10.0. The van der Waals surface area contributed by atoms with Gasteiger partial charge in [-0.15, -0.1) is 0 Å². The van der Waals surface area contributed by atoms with Gasteiger partial charge in [-0.25, -0.2) is 4.39 Å². The van der Waals surface area contributed by atoms with Gasteiger partial charge in [0.2, 0.25) is 17.6 Å². The topological polar surface area (TPSA) is 79.5 Å². The minimum atomic E-state index is -0.336. The zero-order chi connectivity index (χ0) is 23.5. The highest BCUT2D eigenvalue weighted by Gasteiger charge is 2.26. The summed E-state index contributed by atoms with van der Waals surface area (Å²) in [6.07, 6.45) is 0.560. The average Bonchev–Trinajstić information content (AvgIpc) is 3.36. The van der Waals surface area contributed by atoms with Crippen molar-refractivity contribution >= 4 is 22.6 Å². The molecule has 0 N–H and O–H groups in total. The Morgan fingerprint density at radius 2 is 1.59 bits per heavy atom. The monoisotopic (exact) mass is 458 g/mol. The number of piperazine rings is 1. The van der Waals surface area contributed by atoms with Gasteiger partial charge < -0.3 is 14.3 Å². The lowest BCUT2D eigenvalue weighted by molar-refractivity contribution is -0.132. The van der Waals surface area contributed by atoms with Gasteiger partial charge in [0, 0.05) is 50.1 Å². The Labute approximate surface area is 195 Å². The quantitative estimate of drug-likeness (QED) is 0.453. The van der Waals surface area contributed by atoms with Gasteiger partial charge in [-0.1, -0.05) is 41.6 Å². The van der Waals surface area contributed by atoms with E-state index in [1.54, 1.807) is 21.9 Å². The van der Waals surface area contributed by atoms with E-state index in [2.05, 4.69) is 10.1 Å². The van der Waals surface area contributed by atoms with Crippen LogP contribution in [0.15, 0.2) is 71.3 Å². The molecule has 172 valence electrons. The van der Waals surface area contributed by atoms with Crippen molar-refractivity contribution in [2.45, 2.75) is 12.8 Å². The molecule has 3 aromatic carbocycles. The molecule has 0 bridgehead atoms. The van der Waals surface area contributed by atoms with Gasteiger partial charge in [-0.05, 0) is 41.1 Å². The molecule has 0 spiro atoms. The normalized spacial score (nSPS) is 13.9. The van der Waals surface area contributed by atoms with Crippen molar-refractivity contribution in [2.24, 2.45) is 0 Å². The van der Waals surface area contributed by atoms with E-state index in [4.69, 9.17) is 4.52 Å². The van der Waals surface area contributed by atoms with Gasteiger partial charge in [0.1, 0.15) is 5.82 Å². The highest BCUT2D eigenvalue weighted by atomic mass is 19.1. The van der Waals surface area contributed by atoms with Gasteiger partial charge in [0.15, 0.2) is 0 Å². The molecular weight excluding hydrogens is 435 g/mol. The fourth-order valence-electron chi connectivity index (χ4n) is 4.19. The van der Waals surface area contributed by atoms with Crippen LogP contribution in [0.1, 0.15) is 22.7 Å². The number of aromatic nitrogens is 2. The van der Waals surface area contributed by atoms with Crippen LogP contribution >= 0.6 is 0 Å². The van der Waals surface area contributed by atoms with E-state index >= 15 is 0 Å². The first-order valence-corrected chi connectivity index (χ1v) is 11.2. The number of benzene rings is 3. The van der Waals surface area contributed by atoms with Crippen molar-refractivity contribution < 1.29 is 18.5 Å². The van der Waals surface area contributed by atoms with E-state index in [0.717, 1.165) is 10.8 Å². The summed E-state index contributed by atoms with van der Waals surface area (Å²) in [7, 11) is 0. The van der Waals surface area contributed by atoms with Crippen molar-refractivity contribution in [1.82, 2.24) is 19.9 Å². The molecule has 2 amide bonds. The van der Waals surface area contributed by atoms with E-state index in [0.29, 0.717) is 55.4 Å². The molecule has 0 unspecified atom stereocenters. The van der Waals surface area contributed by atoms with Crippen molar-refractivity contribution in [2.75, 3.05) is 26.2 Å². The van der Waals surface area contributed by atoms with Crippen LogP contribution in [-0.2, 0) is 11.2 Å². The van der Waals surface area contributed by atoms with Crippen molar-refractivity contribution in [1.29, 1.82) is 0 Å². The van der Waals surface area contributed by atoms with Crippen LogP contribution in [0.3, 0.4) is 0 Å². The smallest absolute Gasteiger partial charge is 0.254 e. The van der Waals surface area contributed by atoms with Crippen LogP contribution in [0.25, 0.3) is 22.2 Å². The summed E-state index contributed by atoms with van der Waals surface area (Å²) in [5.41, 5.74) is 1.33. The molecule has 1 saturated heterocycles. The maximum atomic E-state index is 13.1. The Balaban J connectivity index is 1.15. The molecule has 4 aromatic rings. The summed E-state index contributed by atoms with van der Waals surface area (Å²) < 4.78 is 18.3. The van der Waals surface area contributed by atoms with E-state index in [1.807, 2.05) is 42.5 Å². The van der Waals surface area contributed by atoms with Gasteiger partial charge in [0.25, 0.3) is 5.91 Å². The molecule has 0 radical (unpaired) electrons. The molecule has 1 aliphatic rings. The van der Waals surface area contributed by atoms with Crippen molar-refractivity contribution in [3.63, 3.8) is 0 Å². The van der Waals surface area contributed by atoms with Crippen LogP contribution in [0.5, 0.6) is 0 Å². The summed E-state index contributed by atoms with van der Waals surface area (Å²) in [5.74, 6) is 0.360. The lowest BCUT2D eigenvalue weighted by Gasteiger charge is -2.35. The molecule has 0 aliphatic carbocycles. The first-order valence-electron chi connectivity index (χ1n) is 11.2. The second kappa shape index (κ2) is 9.43. The standard InChI is InChI=1S/C26H23FN4O3/c27-20-10-8-19(9-11-20)25-28-23(34-29-25)12-13-24(32)30-14-16-31(17-15-30)26(33)22-7-3-5-18-4-1-2-6-21(18)22/h1-11H,12-17H2. The Morgan fingerprint density at radius 1 is 0.882 bits per heavy atom. The SMILES string of the molecule is O=C(CCc1nc(-c2ccc(F)cc2)no1)N1CCN(C(=O)c2cccc3ccccc23)CC1. The lowest BCUT2D eigenvalue weighted by Crippen LogP contribution is -2.50. The zero-order valence-electron chi connectivity index (χ0n) is 18.5. The number of rotatable bonds is 5. The third kappa shape index (κ3) is 4.52. The van der Waals surface area contributed by atoms with E-state index in [1.165, 1.54) is 12.1 Å². The Kier molecular flexibility index (Phi) is 6.03. The number of carbonyl (C=O) groups excluding carboxylic acids is 2. The number of hydrogen-bond acceptors (Lipinski definition) is 5. The first-order chi connectivity index (χ1) is 16.6. The average molecular weight is 458 g/mol. The summed E-state index contributed by atoms with van der Waals surface area (Å²) in [4.78, 5) is 33.7. The molecule has 8 heteroatoms. The summed E-state index contributed by atoms with van der Waals surface area (Å²) in [6.45, 7) is 1.95. The van der Waals surface area contributed by atoms with E-state index in [-0.39, 0.29) is 24.1 Å². The van der Waals surface area contributed by atoms with E-state index < -0.39 is 0 Å². The number of halogens is 1. The predicted octanol–water partition coefficient (Wildman–Crippen LogP) is 3.95. The Bertz CT molecular complexity index is 1320. The van der Waals surface area contributed by atoms with Crippen LogP contribution in [-0.4, -0.2) is 57.9 Å². The molecule has 7 nitrogen and oxygen atoms in total. The van der Waals surface area contributed by atoms with Crippen LogP contribution in [0, 0.1) is 5.82 Å².